The van der Waals surface area contributed by atoms with Crippen molar-refractivity contribution in [1.29, 1.82) is 0 Å². The third-order valence-electron chi connectivity index (χ3n) is 6.42. The molecule has 0 unspecified atom stereocenters. The van der Waals surface area contributed by atoms with E-state index >= 15 is 0 Å². The molecule has 0 spiro atoms. The Balaban J connectivity index is 1.63. The van der Waals surface area contributed by atoms with E-state index in [0.717, 1.165) is 10.7 Å². The molecule has 1 atom stereocenters. The largest absolute Gasteiger partial charge is 0.416 e. The summed E-state index contributed by atoms with van der Waals surface area (Å²) >= 11 is 5.99. The number of nitrogens with one attached hydrogen (secondary N) is 1. The number of rotatable bonds is 10. The normalized spacial score (nSPS) is 12.2. The number of aromatic nitrogens is 3. The SMILES string of the molecule is CCC(=O)[C@@H](Cc1ccccc1C(F)(F)F)NC(=O)Cn1nc(-c2ccc(Cl)cc2)n(Cc2ccccc2F)c1=O. The van der Waals surface area contributed by atoms with Gasteiger partial charge < -0.3 is 5.32 Å². The van der Waals surface area contributed by atoms with Crippen molar-refractivity contribution >= 4 is 23.3 Å². The third-order valence-corrected chi connectivity index (χ3v) is 6.68. The number of ketones is 1. The number of Topliss-reactive ketones (excluding diaryl/α,β-unsaturated/α-hetero) is 1. The molecule has 214 valence electrons. The summed E-state index contributed by atoms with van der Waals surface area (Å²) in [5, 5.41) is 7.19. The highest BCUT2D eigenvalue weighted by Crippen LogP contribution is 2.32. The van der Waals surface area contributed by atoms with E-state index in [2.05, 4.69) is 10.4 Å². The number of carbonyl (C=O) groups excluding carboxylic acids is 2. The van der Waals surface area contributed by atoms with Crippen LogP contribution < -0.4 is 11.0 Å². The van der Waals surface area contributed by atoms with Crippen LogP contribution in [-0.4, -0.2) is 32.1 Å². The van der Waals surface area contributed by atoms with E-state index in [1.54, 1.807) is 30.3 Å². The quantitative estimate of drug-likeness (QED) is 0.256. The number of hydrogen-bond acceptors (Lipinski definition) is 4. The summed E-state index contributed by atoms with van der Waals surface area (Å²) in [6, 6.07) is 15.8. The Hall–Kier alpha value is -4.25. The fraction of sp³-hybridized carbons (Fsp3) is 0.241. The minimum atomic E-state index is -4.64. The maximum Gasteiger partial charge on any atom is 0.416 e. The first-order valence-electron chi connectivity index (χ1n) is 12.6. The lowest BCUT2D eigenvalue weighted by molar-refractivity contribution is -0.138. The monoisotopic (exact) mass is 588 g/mol. The molecule has 1 amide bonds. The Morgan fingerprint density at radius 3 is 2.24 bits per heavy atom. The first kappa shape index (κ1) is 29.7. The van der Waals surface area contributed by atoms with E-state index in [-0.39, 0.29) is 36.3 Å². The lowest BCUT2D eigenvalue weighted by Crippen LogP contribution is -2.45. The summed E-state index contributed by atoms with van der Waals surface area (Å²) in [5.41, 5.74) is -1.09. The van der Waals surface area contributed by atoms with Gasteiger partial charge in [-0.2, -0.15) is 13.2 Å². The molecule has 0 aliphatic heterocycles. The highest BCUT2D eigenvalue weighted by molar-refractivity contribution is 6.30. The molecule has 3 aromatic carbocycles. The lowest BCUT2D eigenvalue weighted by Gasteiger charge is -2.20. The van der Waals surface area contributed by atoms with Gasteiger partial charge in [0.05, 0.1) is 18.2 Å². The van der Waals surface area contributed by atoms with Crippen LogP contribution >= 0.6 is 11.6 Å². The summed E-state index contributed by atoms with van der Waals surface area (Å²) in [6.07, 6.45) is -5.06. The van der Waals surface area contributed by atoms with Crippen LogP contribution in [0.3, 0.4) is 0 Å². The number of amides is 1. The third kappa shape index (κ3) is 7.10. The predicted octanol–water partition coefficient (Wildman–Crippen LogP) is 5.28. The van der Waals surface area contributed by atoms with E-state index < -0.39 is 47.5 Å². The number of halogens is 5. The Morgan fingerprint density at radius 2 is 1.61 bits per heavy atom. The van der Waals surface area contributed by atoms with Crippen molar-refractivity contribution in [1.82, 2.24) is 19.7 Å². The molecule has 0 aliphatic rings. The van der Waals surface area contributed by atoms with E-state index in [9.17, 15) is 31.9 Å². The van der Waals surface area contributed by atoms with Gasteiger partial charge in [-0.1, -0.05) is 54.9 Å². The van der Waals surface area contributed by atoms with Gasteiger partial charge in [0.15, 0.2) is 11.6 Å². The Labute approximate surface area is 237 Å². The molecule has 1 N–H and O–H groups in total. The highest BCUT2D eigenvalue weighted by atomic mass is 35.5. The second-order valence-electron chi connectivity index (χ2n) is 9.25. The second-order valence-corrected chi connectivity index (χ2v) is 9.68. The number of alkyl halides is 3. The smallest absolute Gasteiger partial charge is 0.344 e. The van der Waals surface area contributed by atoms with Crippen molar-refractivity contribution in [2.45, 2.75) is 45.1 Å². The summed E-state index contributed by atoms with van der Waals surface area (Å²) in [7, 11) is 0. The van der Waals surface area contributed by atoms with Gasteiger partial charge in [0.2, 0.25) is 5.91 Å². The summed E-state index contributed by atoms with van der Waals surface area (Å²) < 4.78 is 57.0. The van der Waals surface area contributed by atoms with Gasteiger partial charge in [-0.05, 0) is 42.0 Å². The second kappa shape index (κ2) is 12.5. The highest BCUT2D eigenvalue weighted by Gasteiger charge is 2.34. The fourth-order valence-corrected chi connectivity index (χ4v) is 4.48. The van der Waals surface area contributed by atoms with Crippen molar-refractivity contribution in [2.75, 3.05) is 0 Å². The molecule has 1 aromatic heterocycles. The molecule has 0 bridgehead atoms. The van der Waals surface area contributed by atoms with Gasteiger partial charge in [-0.3, -0.25) is 14.2 Å². The number of nitrogens with zero attached hydrogens (tertiary/aromatic N) is 3. The standard InChI is InChI=1S/C29H25ClF4N4O3/c1-2-25(39)24(15-19-7-3-5-9-22(19)29(32,33)34)35-26(40)17-38-28(41)37(16-20-8-4-6-10-23(20)31)27(36-38)18-11-13-21(30)14-12-18/h3-14,24H,2,15-17H2,1H3,(H,35,40)/t24-/m1/s1. The average Bonchev–Trinajstić information content (AvgIpc) is 3.23. The molecule has 4 aromatic rings. The zero-order valence-corrected chi connectivity index (χ0v) is 22.5. The molecule has 0 fully saturated rings. The van der Waals surface area contributed by atoms with Crippen LogP contribution in [0.15, 0.2) is 77.6 Å². The fourth-order valence-electron chi connectivity index (χ4n) is 4.36. The molecule has 0 radical (unpaired) electrons. The molecular weight excluding hydrogens is 564 g/mol. The maximum atomic E-state index is 14.4. The molecule has 0 saturated carbocycles. The molecular formula is C29H25ClF4N4O3. The summed E-state index contributed by atoms with van der Waals surface area (Å²) in [6.45, 7) is 0.721. The number of benzene rings is 3. The van der Waals surface area contributed by atoms with Gasteiger partial charge in [-0.15, -0.1) is 5.10 Å². The van der Waals surface area contributed by atoms with E-state index in [1.165, 1.54) is 47.9 Å². The average molecular weight is 589 g/mol. The zero-order valence-electron chi connectivity index (χ0n) is 21.8. The number of hydrogen-bond donors (Lipinski definition) is 1. The van der Waals surface area contributed by atoms with E-state index in [4.69, 9.17) is 11.6 Å². The molecule has 12 heteroatoms. The van der Waals surface area contributed by atoms with Crippen LogP contribution in [0.1, 0.15) is 30.0 Å². The molecule has 1 heterocycles. The molecule has 0 saturated heterocycles. The van der Waals surface area contributed by atoms with Crippen LogP contribution in [0.5, 0.6) is 0 Å². The summed E-state index contributed by atoms with van der Waals surface area (Å²) in [5.74, 6) is -1.67. The van der Waals surface area contributed by atoms with Crippen LogP contribution in [-0.2, 0) is 35.3 Å². The summed E-state index contributed by atoms with van der Waals surface area (Å²) in [4.78, 5) is 39.0. The molecule has 4 rings (SSSR count). The van der Waals surface area contributed by atoms with Crippen molar-refractivity contribution in [3.63, 3.8) is 0 Å². The zero-order chi connectivity index (χ0) is 29.7. The predicted molar refractivity (Wildman–Crippen MR) is 145 cm³/mol. The lowest BCUT2D eigenvalue weighted by atomic mass is 9.96. The van der Waals surface area contributed by atoms with Crippen molar-refractivity contribution in [3.8, 4) is 11.4 Å². The van der Waals surface area contributed by atoms with Crippen LogP contribution in [0.4, 0.5) is 17.6 Å². The van der Waals surface area contributed by atoms with E-state index in [1.807, 2.05) is 0 Å². The topological polar surface area (TPSA) is 86.0 Å². The first-order chi connectivity index (χ1) is 19.5. The Morgan fingerprint density at radius 1 is 0.976 bits per heavy atom. The minimum Gasteiger partial charge on any atom is -0.344 e. The molecule has 7 nitrogen and oxygen atoms in total. The van der Waals surface area contributed by atoms with E-state index in [0.29, 0.717) is 10.6 Å². The van der Waals surface area contributed by atoms with Gasteiger partial charge in [0, 0.05) is 29.0 Å². The Kier molecular flexibility index (Phi) is 9.07. The minimum absolute atomic E-state index is 0.0307. The number of carbonyl (C=O) groups is 2. The maximum absolute atomic E-state index is 14.4. The van der Waals surface area contributed by atoms with Gasteiger partial charge in [-0.25, -0.2) is 13.9 Å². The van der Waals surface area contributed by atoms with Gasteiger partial charge in [0.1, 0.15) is 12.4 Å². The molecule has 0 aliphatic carbocycles. The Bertz CT molecular complexity index is 1610. The van der Waals surface area contributed by atoms with Crippen LogP contribution in [0, 0.1) is 5.82 Å². The van der Waals surface area contributed by atoms with Crippen molar-refractivity contribution in [2.24, 2.45) is 0 Å². The van der Waals surface area contributed by atoms with Crippen molar-refractivity contribution in [3.05, 3.63) is 111 Å². The van der Waals surface area contributed by atoms with Crippen molar-refractivity contribution < 1.29 is 27.2 Å². The first-order valence-corrected chi connectivity index (χ1v) is 13.0. The van der Waals surface area contributed by atoms with Crippen LogP contribution in [0.25, 0.3) is 11.4 Å². The van der Waals surface area contributed by atoms with Gasteiger partial charge >= 0.3 is 11.9 Å². The van der Waals surface area contributed by atoms with Crippen LogP contribution in [0.2, 0.25) is 5.02 Å². The van der Waals surface area contributed by atoms with Gasteiger partial charge in [0.25, 0.3) is 0 Å². The molecule has 41 heavy (non-hydrogen) atoms.